The third kappa shape index (κ3) is 2.79. The first-order chi connectivity index (χ1) is 10.7. The third-order valence-electron chi connectivity index (χ3n) is 4.05. The van der Waals surface area contributed by atoms with E-state index in [1.54, 1.807) is 6.07 Å². The SMILES string of the molecule is N#Cc1ccc2cc(C=C[C@@H]3CCCN3C(=O)O)ccc2c1. The van der Waals surface area contributed by atoms with E-state index in [9.17, 15) is 4.79 Å². The molecule has 22 heavy (non-hydrogen) atoms. The maximum absolute atomic E-state index is 11.1. The number of carbonyl (C=O) groups is 1. The number of likely N-dealkylation sites (tertiary alicyclic amines) is 1. The first-order valence-electron chi connectivity index (χ1n) is 7.29. The van der Waals surface area contributed by atoms with Crippen LogP contribution >= 0.6 is 0 Å². The lowest BCUT2D eigenvalue weighted by Gasteiger charge is -2.17. The second-order valence-electron chi connectivity index (χ2n) is 5.48. The zero-order chi connectivity index (χ0) is 15.5. The number of nitriles is 1. The van der Waals surface area contributed by atoms with E-state index >= 15 is 0 Å². The predicted molar refractivity (Wildman–Crippen MR) is 85.4 cm³/mol. The van der Waals surface area contributed by atoms with Crippen molar-refractivity contribution in [2.24, 2.45) is 0 Å². The molecule has 0 radical (unpaired) electrons. The van der Waals surface area contributed by atoms with Gasteiger partial charge in [0, 0.05) is 6.54 Å². The van der Waals surface area contributed by atoms with Crippen molar-refractivity contribution in [2.75, 3.05) is 6.54 Å². The minimum atomic E-state index is -0.852. The van der Waals surface area contributed by atoms with E-state index in [-0.39, 0.29) is 6.04 Å². The van der Waals surface area contributed by atoms with E-state index in [0.29, 0.717) is 12.1 Å². The van der Waals surface area contributed by atoms with Gasteiger partial charge in [-0.2, -0.15) is 5.26 Å². The van der Waals surface area contributed by atoms with Crippen molar-refractivity contribution in [1.29, 1.82) is 5.26 Å². The Morgan fingerprint density at radius 3 is 2.82 bits per heavy atom. The minimum Gasteiger partial charge on any atom is -0.465 e. The van der Waals surface area contributed by atoms with Gasteiger partial charge in [0.1, 0.15) is 0 Å². The summed E-state index contributed by atoms with van der Waals surface area (Å²) in [5, 5.41) is 20.2. The highest BCUT2D eigenvalue weighted by molar-refractivity contribution is 5.86. The molecular weight excluding hydrogens is 276 g/mol. The fraction of sp³-hybridized carbons (Fsp3) is 0.222. The van der Waals surface area contributed by atoms with Crippen LogP contribution in [-0.4, -0.2) is 28.7 Å². The quantitative estimate of drug-likeness (QED) is 0.913. The zero-order valence-electron chi connectivity index (χ0n) is 12.1. The number of nitrogens with zero attached hydrogens (tertiary/aromatic N) is 2. The van der Waals surface area contributed by atoms with Crippen molar-refractivity contribution in [2.45, 2.75) is 18.9 Å². The van der Waals surface area contributed by atoms with Crippen LogP contribution in [-0.2, 0) is 0 Å². The number of fused-ring (bicyclic) bond motifs is 1. The number of rotatable bonds is 2. The van der Waals surface area contributed by atoms with Gasteiger partial charge in [0.15, 0.2) is 0 Å². The standard InChI is InChI=1S/C18H16N2O2/c19-12-14-4-7-15-10-13(3-6-16(15)11-14)5-8-17-2-1-9-20(17)18(21)22/h3-8,10-11,17H,1-2,9H2,(H,21,22)/t17-/m0/s1. The van der Waals surface area contributed by atoms with Crippen molar-refractivity contribution in [1.82, 2.24) is 4.90 Å². The summed E-state index contributed by atoms with van der Waals surface area (Å²) in [5.74, 6) is 0. The van der Waals surface area contributed by atoms with Crippen LogP contribution in [0.15, 0.2) is 42.5 Å². The first-order valence-corrected chi connectivity index (χ1v) is 7.29. The van der Waals surface area contributed by atoms with E-state index in [2.05, 4.69) is 6.07 Å². The van der Waals surface area contributed by atoms with E-state index in [1.807, 2.05) is 42.5 Å². The molecular formula is C18H16N2O2. The highest BCUT2D eigenvalue weighted by Crippen LogP contribution is 2.21. The van der Waals surface area contributed by atoms with Crippen molar-refractivity contribution >= 4 is 22.9 Å². The number of hydrogen-bond donors (Lipinski definition) is 1. The molecule has 4 nitrogen and oxygen atoms in total. The molecule has 0 saturated carbocycles. The van der Waals surface area contributed by atoms with Crippen molar-refractivity contribution in [3.63, 3.8) is 0 Å². The maximum atomic E-state index is 11.1. The van der Waals surface area contributed by atoms with Crippen LogP contribution < -0.4 is 0 Å². The average molecular weight is 292 g/mol. The van der Waals surface area contributed by atoms with E-state index in [1.165, 1.54) is 4.90 Å². The van der Waals surface area contributed by atoms with Crippen LogP contribution in [0, 0.1) is 11.3 Å². The molecule has 3 rings (SSSR count). The number of hydrogen-bond acceptors (Lipinski definition) is 2. The van der Waals surface area contributed by atoms with Crippen LogP contribution in [0.2, 0.25) is 0 Å². The Morgan fingerprint density at radius 1 is 1.27 bits per heavy atom. The molecule has 1 saturated heterocycles. The molecule has 1 amide bonds. The van der Waals surface area contributed by atoms with Gasteiger partial charge in [-0.15, -0.1) is 0 Å². The topological polar surface area (TPSA) is 64.3 Å². The molecule has 0 aliphatic carbocycles. The van der Waals surface area contributed by atoms with Gasteiger partial charge in [0.05, 0.1) is 17.7 Å². The van der Waals surface area contributed by atoms with Gasteiger partial charge in [-0.25, -0.2) is 4.79 Å². The summed E-state index contributed by atoms with van der Waals surface area (Å²) in [7, 11) is 0. The number of benzene rings is 2. The Morgan fingerprint density at radius 2 is 2.05 bits per heavy atom. The summed E-state index contributed by atoms with van der Waals surface area (Å²) in [5.41, 5.74) is 1.69. The predicted octanol–water partition coefficient (Wildman–Crippen LogP) is 3.87. The second kappa shape index (κ2) is 5.90. The summed E-state index contributed by atoms with van der Waals surface area (Å²) in [4.78, 5) is 12.6. The molecule has 1 aliphatic heterocycles. The molecule has 1 heterocycles. The monoisotopic (exact) mass is 292 g/mol. The lowest BCUT2D eigenvalue weighted by molar-refractivity contribution is 0.147. The Balaban J connectivity index is 1.83. The summed E-state index contributed by atoms with van der Waals surface area (Å²) in [6.45, 7) is 0.610. The molecule has 0 bridgehead atoms. The van der Waals surface area contributed by atoms with Crippen molar-refractivity contribution in [3.05, 3.63) is 53.6 Å². The second-order valence-corrected chi connectivity index (χ2v) is 5.48. The van der Waals surface area contributed by atoms with Gasteiger partial charge in [-0.05, 0) is 47.4 Å². The van der Waals surface area contributed by atoms with Gasteiger partial charge in [0.2, 0.25) is 0 Å². The van der Waals surface area contributed by atoms with Crippen molar-refractivity contribution < 1.29 is 9.90 Å². The first kappa shape index (κ1) is 14.2. The lowest BCUT2D eigenvalue weighted by atomic mass is 10.0. The maximum Gasteiger partial charge on any atom is 0.407 e. The molecule has 110 valence electrons. The summed E-state index contributed by atoms with van der Waals surface area (Å²) in [6, 6.07) is 13.7. The third-order valence-corrected chi connectivity index (χ3v) is 4.05. The molecule has 1 aliphatic rings. The van der Waals surface area contributed by atoms with Gasteiger partial charge in [0.25, 0.3) is 0 Å². The molecule has 1 N–H and O–H groups in total. The summed E-state index contributed by atoms with van der Waals surface area (Å²) in [6.07, 6.45) is 4.88. The van der Waals surface area contributed by atoms with Gasteiger partial charge < -0.3 is 10.0 Å². The van der Waals surface area contributed by atoms with E-state index in [4.69, 9.17) is 10.4 Å². The Bertz CT molecular complexity index is 789. The van der Waals surface area contributed by atoms with Crippen LogP contribution in [0.3, 0.4) is 0 Å². The molecule has 1 atom stereocenters. The lowest BCUT2D eigenvalue weighted by Crippen LogP contribution is -2.32. The smallest absolute Gasteiger partial charge is 0.407 e. The Kier molecular flexibility index (Phi) is 3.80. The van der Waals surface area contributed by atoms with Crippen LogP contribution in [0.25, 0.3) is 16.8 Å². The number of carboxylic acid groups (broad SMARTS) is 1. The summed E-state index contributed by atoms with van der Waals surface area (Å²) >= 11 is 0. The molecule has 4 heteroatoms. The van der Waals surface area contributed by atoms with Gasteiger partial charge in [-0.3, -0.25) is 0 Å². The number of amides is 1. The van der Waals surface area contributed by atoms with Gasteiger partial charge in [-0.1, -0.05) is 30.4 Å². The highest BCUT2D eigenvalue weighted by Gasteiger charge is 2.25. The molecule has 0 spiro atoms. The molecule has 0 unspecified atom stereocenters. The molecule has 2 aromatic carbocycles. The molecule has 2 aromatic rings. The Hall–Kier alpha value is -2.80. The molecule has 0 aromatic heterocycles. The van der Waals surface area contributed by atoms with Crippen LogP contribution in [0.5, 0.6) is 0 Å². The average Bonchev–Trinajstić information content (AvgIpc) is 3.01. The van der Waals surface area contributed by atoms with Crippen LogP contribution in [0.1, 0.15) is 24.0 Å². The summed E-state index contributed by atoms with van der Waals surface area (Å²) < 4.78 is 0. The highest BCUT2D eigenvalue weighted by atomic mass is 16.4. The Labute approximate surface area is 128 Å². The van der Waals surface area contributed by atoms with Gasteiger partial charge >= 0.3 is 6.09 Å². The zero-order valence-corrected chi connectivity index (χ0v) is 12.1. The van der Waals surface area contributed by atoms with E-state index in [0.717, 1.165) is 29.2 Å². The van der Waals surface area contributed by atoms with E-state index < -0.39 is 6.09 Å². The molecule has 1 fully saturated rings. The fourth-order valence-electron chi connectivity index (χ4n) is 2.89. The van der Waals surface area contributed by atoms with Crippen molar-refractivity contribution in [3.8, 4) is 6.07 Å². The minimum absolute atomic E-state index is 0.0332. The fourth-order valence-corrected chi connectivity index (χ4v) is 2.89. The largest absolute Gasteiger partial charge is 0.465 e. The normalized spacial score (nSPS) is 18.0. The van der Waals surface area contributed by atoms with Crippen LogP contribution in [0.4, 0.5) is 4.79 Å².